The van der Waals surface area contributed by atoms with Gasteiger partial charge >= 0.3 is 6.03 Å². The second-order valence-corrected chi connectivity index (χ2v) is 8.23. The summed E-state index contributed by atoms with van der Waals surface area (Å²) in [6.45, 7) is 5.01. The first kappa shape index (κ1) is 21.7. The van der Waals surface area contributed by atoms with E-state index in [-0.39, 0.29) is 11.9 Å². The number of ether oxygens (including phenoxy) is 2. The van der Waals surface area contributed by atoms with Crippen molar-refractivity contribution >= 4 is 23.3 Å². The van der Waals surface area contributed by atoms with Crippen LogP contribution in [0.4, 0.5) is 10.5 Å². The number of carbonyl (C=O) groups excluding carboxylic acids is 2. The van der Waals surface area contributed by atoms with Crippen molar-refractivity contribution in [3.05, 3.63) is 53.1 Å². The zero-order valence-corrected chi connectivity index (χ0v) is 18.8. The average molecular weight is 437 g/mol. The Hall–Kier alpha value is -3.55. The van der Waals surface area contributed by atoms with E-state index in [4.69, 9.17) is 14.5 Å². The number of likely N-dealkylation sites (tertiary alicyclic amines) is 1. The number of benzene rings is 2. The molecule has 0 aromatic heterocycles. The Balaban J connectivity index is 1.45. The highest BCUT2D eigenvalue weighted by atomic mass is 16.5. The summed E-state index contributed by atoms with van der Waals surface area (Å²) in [6, 6.07) is 10.9. The standard InChI is InChI=1S/C24H28N4O4/c1-15-5-6-17(13-16(15)2)21-22(29)27-24(26-21)9-11-28(12-10-24)23(30)25-19-14-18(31-3)7-8-20(19)32-4/h5-8,13-14H,9-12H2,1-4H3,(H,25,30)(H,27,29). The molecule has 2 aromatic rings. The smallest absolute Gasteiger partial charge is 0.321 e. The molecule has 3 amide bonds. The number of hydrogen-bond donors (Lipinski definition) is 2. The van der Waals surface area contributed by atoms with Crippen LogP contribution in [0.1, 0.15) is 29.5 Å². The van der Waals surface area contributed by atoms with E-state index in [1.54, 1.807) is 37.3 Å². The van der Waals surface area contributed by atoms with Gasteiger partial charge in [-0.25, -0.2) is 4.79 Å². The molecule has 0 unspecified atom stereocenters. The maximum atomic E-state index is 12.9. The van der Waals surface area contributed by atoms with Crippen molar-refractivity contribution in [2.75, 3.05) is 32.6 Å². The molecule has 1 saturated heterocycles. The molecule has 8 heteroatoms. The maximum Gasteiger partial charge on any atom is 0.321 e. The summed E-state index contributed by atoms with van der Waals surface area (Å²) in [4.78, 5) is 32.0. The Morgan fingerprint density at radius 3 is 2.47 bits per heavy atom. The van der Waals surface area contributed by atoms with Crippen LogP contribution in [0, 0.1) is 13.8 Å². The Bertz CT molecular complexity index is 1090. The van der Waals surface area contributed by atoms with E-state index in [1.807, 2.05) is 32.0 Å². The van der Waals surface area contributed by atoms with Crippen LogP contribution in [-0.2, 0) is 4.79 Å². The van der Waals surface area contributed by atoms with E-state index in [9.17, 15) is 9.59 Å². The van der Waals surface area contributed by atoms with Gasteiger partial charge in [-0.2, -0.15) is 0 Å². The Morgan fingerprint density at radius 2 is 1.81 bits per heavy atom. The fourth-order valence-electron chi connectivity index (χ4n) is 4.07. The predicted molar refractivity (Wildman–Crippen MR) is 123 cm³/mol. The number of hydrogen-bond acceptors (Lipinski definition) is 5. The summed E-state index contributed by atoms with van der Waals surface area (Å²) < 4.78 is 10.6. The summed E-state index contributed by atoms with van der Waals surface area (Å²) in [6.07, 6.45) is 1.10. The minimum Gasteiger partial charge on any atom is -0.497 e. The van der Waals surface area contributed by atoms with Gasteiger partial charge in [0, 0.05) is 37.6 Å². The zero-order chi connectivity index (χ0) is 22.9. The Labute approximate surface area is 187 Å². The topological polar surface area (TPSA) is 92.3 Å². The van der Waals surface area contributed by atoms with Gasteiger partial charge in [-0.3, -0.25) is 9.79 Å². The summed E-state index contributed by atoms with van der Waals surface area (Å²) in [5.41, 5.74) is 3.48. The van der Waals surface area contributed by atoms with E-state index in [0.29, 0.717) is 48.8 Å². The minimum absolute atomic E-state index is 0.160. The number of nitrogens with one attached hydrogen (secondary N) is 2. The summed E-state index contributed by atoms with van der Waals surface area (Å²) >= 11 is 0. The van der Waals surface area contributed by atoms with Gasteiger partial charge in [0.25, 0.3) is 5.91 Å². The molecule has 1 fully saturated rings. The second kappa shape index (κ2) is 8.53. The van der Waals surface area contributed by atoms with E-state index < -0.39 is 5.66 Å². The third-order valence-corrected chi connectivity index (χ3v) is 6.19. The highest BCUT2D eigenvalue weighted by molar-refractivity contribution is 6.46. The molecule has 2 aliphatic rings. The molecule has 2 aliphatic heterocycles. The number of piperidine rings is 1. The molecule has 0 bridgehead atoms. The number of amides is 3. The van der Waals surface area contributed by atoms with Crippen LogP contribution in [-0.4, -0.2) is 55.5 Å². The lowest BCUT2D eigenvalue weighted by atomic mass is 9.98. The quantitative estimate of drug-likeness (QED) is 0.770. The van der Waals surface area contributed by atoms with Crippen molar-refractivity contribution in [3.8, 4) is 11.5 Å². The van der Waals surface area contributed by atoms with Gasteiger partial charge in [0.05, 0.1) is 19.9 Å². The molecular weight excluding hydrogens is 408 g/mol. The molecule has 168 valence electrons. The monoisotopic (exact) mass is 436 g/mol. The van der Waals surface area contributed by atoms with Crippen LogP contribution < -0.4 is 20.1 Å². The number of urea groups is 1. The third-order valence-electron chi connectivity index (χ3n) is 6.19. The number of anilines is 1. The van der Waals surface area contributed by atoms with E-state index >= 15 is 0 Å². The van der Waals surface area contributed by atoms with Gasteiger partial charge in [-0.1, -0.05) is 12.1 Å². The molecule has 2 aromatic carbocycles. The molecule has 0 radical (unpaired) electrons. The highest BCUT2D eigenvalue weighted by Crippen LogP contribution is 2.32. The number of rotatable bonds is 4. The first-order valence-corrected chi connectivity index (χ1v) is 10.6. The van der Waals surface area contributed by atoms with E-state index in [0.717, 1.165) is 11.1 Å². The highest BCUT2D eigenvalue weighted by Gasteiger charge is 2.43. The van der Waals surface area contributed by atoms with Crippen LogP contribution in [0.15, 0.2) is 41.4 Å². The van der Waals surface area contributed by atoms with Crippen LogP contribution in [0.25, 0.3) is 0 Å². The number of aliphatic imine (C=N–C) groups is 1. The summed E-state index contributed by atoms with van der Waals surface area (Å²) in [5.74, 6) is 1.02. The van der Waals surface area contributed by atoms with Crippen molar-refractivity contribution in [3.63, 3.8) is 0 Å². The molecule has 1 spiro atoms. The molecule has 2 heterocycles. The lowest BCUT2D eigenvalue weighted by molar-refractivity contribution is -0.115. The van der Waals surface area contributed by atoms with E-state index in [1.165, 1.54) is 5.56 Å². The van der Waals surface area contributed by atoms with Crippen LogP contribution in [0.3, 0.4) is 0 Å². The third kappa shape index (κ3) is 4.12. The molecule has 2 N–H and O–H groups in total. The first-order valence-electron chi connectivity index (χ1n) is 10.6. The van der Waals surface area contributed by atoms with Gasteiger partial charge in [-0.15, -0.1) is 0 Å². The SMILES string of the molecule is COc1ccc(OC)c(NC(=O)N2CCC3(CC2)N=C(c2ccc(C)c(C)c2)C(=O)N3)c1. The molecule has 0 saturated carbocycles. The number of methoxy groups -OCH3 is 2. The fraction of sp³-hybridized carbons (Fsp3) is 0.375. The Morgan fingerprint density at radius 1 is 1.06 bits per heavy atom. The van der Waals surface area contributed by atoms with E-state index in [2.05, 4.69) is 10.6 Å². The number of nitrogens with zero attached hydrogens (tertiary/aromatic N) is 2. The van der Waals surface area contributed by atoms with Gasteiger partial charge in [0.15, 0.2) is 0 Å². The van der Waals surface area contributed by atoms with Gasteiger partial charge in [-0.05, 0) is 43.2 Å². The summed E-state index contributed by atoms with van der Waals surface area (Å²) in [7, 11) is 3.12. The van der Waals surface area contributed by atoms with Gasteiger partial charge in [0.2, 0.25) is 0 Å². The van der Waals surface area contributed by atoms with Crippen molar-refractivity contribution < 1.29 is 19.1 Å². The Kier molecular flexibility index (Phi) is 5.78. The minimum atomic E-state index is -0.657. The van der Waals surface area contributed by atoms with Crippen LogP contribution >= 0.6 is 0 Å². The van der Waals surface area contributed by atoms with Crippen molar-refractivity contribution in [2.45, 2.75) is 32.4 Å². The molecule has 0 atom stereocenters. The number of aryl methyl sites for hydroxylation is 2. The largest absolute Gasteiger partial charge is 0.497 e. The lowest BCUT2D eigenvalue weighted by Crippen LogP contribution is -2.53. The number of carbonyl (C=O) groups is 2. The normalized spacial score (nSPS) is 17.1. The fourth-order valence-corrected chi connectivity index (χ4v) is 4.07. The van der Waals surface area contributed by atoms with Crippen LogP contribution in [0.2, 0.25) is 0 Å². The predicted octanol–water partition coefficient (Wildman–Crippen LogP) is 3.26. The molecule has 8 nitrogen and oxygen atoms in total. The maximum absolute atomic E-state index is 12.9. The van der Waals surface area contributed by atoms with Gasteiger partial charge in [0.1, 0.15) is 22.9 Å². The average Bonchev–Trinajstić information content (AvgIpc) is 3.11. The molecule has 0 aliphatic carbocycles. The first-order chi connectivity index (χ1) is 15.3. The van der Waals surface area contributed by atoms with Gasteiger partial charge < -0.3 is 25.0 Å². The second-order valence-electron chi connectivity index (χ2n) is 8.23. The molecule has 4 rings (SSSR count). The lowest BCUT2D eigenvalue weighted by Gasteiger charge is -2.37. The molecular formula is C24H28N4O4. The van der Waals surface area contributed by atoms with Crippen molar-refractivity contribution in [1.82, 2.24) is 10.2 Å². The van der Waals surface area contributed by atoms with Crippen molar-refractivity contribution in [2.24, 2.45) is 4.99 Å². The van der Waals surface area contributed by atoms with Crippen molar-refractivity contribution in [1.29, 1.82) is 0 Å². The zero-order valence-electron chi connectivity index (χ0n) is 18.8. The van der Waals surface area contributed by atoms with Crippen LogP contribution in [0.5, 0.6) is 11.5 Å². The molecule has 32 heavy (non-hydrogen) atoms. The summed E-state index contributed by atoms with van der Waals surface area (Å²) in [5, 5.41) is 5.96.